The highest BCUT2D eigenvalue weighted by Gasteiger charge is 2.30. The Morgan fingerprint density at radius 3 is 2.40 bits per heavy atom. The van der Waals surface area contributed by atoms with Gasteiger partial charge in [-0.3, -0.25) is 0 Å². The smallest absolute Gasteiger partial charge is 0.416 e. The first-order chi connectivity index (χ1) is 14.4. The van der Waals surface area contributed by atoms with Crippen LogP contribution in [0.25, 0.3) is 10.4 Å². The number of halogens is 3. The molecule has 1 heterocycles. The summed E-state index contributed by atoms with van der Waals surface area (Å²) in [6.07, 6.45) is -2.62. The van der Waals surface area contributed by atoms with Crippen molar-refractivity contribution < 1.29 is 27.4 Å². The number of hydrogen-bond donors (Lipinski definition) is 1. The molecule has 3 aromatic rings. The van der Waals surface area contributed by atoms with Crippen LogP contribution >= 0.6 is 11.3 Å². The van der Waals surface area contributed by atoms with Crippen LogP contribution in [0, 0.1) is 0 Å². The van der Waals surface area contributed by atoms with Crippen molar-refractivity contribution in [3.63, 3.8) is 0 Å². The number of thiazole rings is 1. The highest BCUT2D eigenvalue weighted by atomic mass is 32.1. The van der Waals surface area contributed by atoms with Crippen molar-refractivity contribution in [1.82, 2.24) is 10.3 Å². The first-order valence-corrected chi connectivity index (χ1v) is 9.80. The minimum absolute atomic E-state index is 0.304. The van der Waals surface area contributed by atoms with Gasteiger partial charge in [-0.15, -0.1) is 11.3 Å². The number of nitrogens with zero attached hydrogens (tertiary/aromatic N) is 1. The lowest BCUT2D eigenvalue weighted by Gasteiger charge is -2.14. The minimum atomic E-state index is -4.35. The molecule has 9 heteroatoms. The van der Waals surface area contributed by atoms with E-state index in [-0.39, 0.29) is 0 Å². The van der Waals surface area contributed by atoms with E-state index in [0.29, 0.717) is 35.9 Å². The molecule has 0 spiro atoms. The van der Waals surface area contributed by atoms with Crippen LogP contribution in [0.2, 0.25) is 0 Å². The average molecular weight is 438 g/mol. The Kier molecular flexibility index (Phi) is 6.84. The van der Waals surface area contributed by atoms with Gasteiger partial charge in [0.1, 0.15) is 5.01 Å². The SMILES string of the molecule is COc1ccc(-c2cnc(CNCc3cccc(C(F)(F)F)c3)s2)c(OC)c1OC. The van der Waals surface area contributed by atoms with Gasteiger partial charge in [0.05, 0.1) is 31.8 Å². The van der Waals surface area contributed by atoms with Gasteiger partial charge in [-0.1, -0.05) is 18.2 Å². The predicted molar refractivity (Wildman–Crippen MR) is 109 cm³/mol. The zero-order valence-corrected chi connectivity index (χ0v) is 17.5. The summed E-state index contributed by atoms with van der Waals surface area (Å²) in [4.78, 5) is 5.28. The van der Waals surface area contributed by atoms with Gasteiger partial charge >= 0.3 is 6.18 Å². The highest BCUT2D eigenvalue weighted by molar-refractivity contribution is 7.15. The molecule has 0 unspecified atom stereocenters. The van der Waals surface area contributed by atoms with E-state index in [1.54, 1.807) is 39.7 Å². The standard InChI is InChI=1S/C21H21F3N2O3S/c1-27-16-8-7-15(19(28-2)20(16)29-3)17-11-26-18(30-17)12-25-10-13-5-4-6-14(9-13)21(22,23)24/h4-9,11,25H,10,12H2,1-3H3. The van der Waals surface area contributed by atoms with Gasteiger partial charge in [-0.25, -0.2) is 4.98 Å². The molecule has 1 N–H and O–H groups in total. The Morgan fingerprint density at radius 2 is 1.73 bits per heavy atom. The number of benzene rings is 2. The Morgan fingerprint density at radius 1 is 0.967 bits per heavy atom. The normalized spacial score (nSPS) is 11.4. The number of hydrogen-bond acceptors (Lipinski definition) is 6. The lowest BCUT2D eigenvalue weighted by molar-refractivity contribution is -0.137. The van der Waals surface area contributed by atoms with E-state index >= 15 is 0 Å². The Bertz CT molecular complexity index is 1010. The summed E-state index contributed by atoms with van der Waals surface area (Å²) in [5.74, 6) is 1.60. The predicted octanol–water partition coefficient (Wildman–Crippen LogP) is 5.14. The minimum Gasteiger partial charge on any atom is -0.493 e. The molecule has 0 amide bonds. The summed E-state index contributed by atoms with van der Waals surface area (Å²) in [5, 5.41) is 3.94. The second kappa shape index (κ2) is 9.36. The van der Waals surface area contributed by atoms with Crippen molar-refractivity contribution >= 4 is 11.3 Å². The maximum atomic E-state index is 12.8. The fourth-order valence-electron chi connectivity index (χ4n) is 2.98. The van der Waals surface area contributed by atoms with Crippen molar-refractivity contribution in [3.8, 4) is 27.7 Å². The molecule has 30 heavy (non-hydrogen) atoms. The van der Waals surface area contributed by atoms with E-state index in [4.69, 9.17) is 14.2 Å². The molecule has 160 valence electrons. The van der Waals surface area contributed by atoms with E-state index in [1.807, 2.05) is 6.07 Å². The average Bonchev–Trinajstić information content (AvgIpc) is 3.20. The van der Waals surface area contributed by atoms with Crippen molar-refractivity contribution in [2.75, 3.05) is 21.3 Å². The molecule has 0 bridgehead atoms. The van der Waals surface area contributed by atoms with Crippen LogP contribution in [0.5, 0.6) is 17.2 Å². The second-order valence-corrected chi connectivity index (χ2v) is 7.42. The highest BCUT2D eigenvalue weighted by Crippen LogP contribution is 2.45. The van der Waals surface area contributed by atoms with Crippen LogP contribution in [0.3, 0.4) is 0 Å². The van der Waals surface area contributed by atoms with Crippen molar-refractivity contribution in [1.29, 1.82) is 0 Å². The van der Waals surface area contributed by atoms with E-state index in [1.165, 1.54) is 17.4 Å². The van der Waals surface area contributed by atoms with Crippen molar-refractivity contribution in [3.05, 3.63) is 58.7 Å². The van der Waals surface area contributed by atoms with Crippen molar-refractivity contribution in [2.24, 2.45) is 0 Å². The van der Waals surface area contributed by atoms with Gasteiger partial charge in [-0.05, 0) is 23.8 Å². The molecular weight excluding hydrogens is 417 g/mol. The third-order valence-corrected chi connectivity index (χ3v) is 5.41. The lowest BCUT2D eigenvalue weighted by Crippen LogP contribution is -2.13. The van der Waals surface area contributed by atoms with Gasteiger partial charge in [0, 0.05) is 24.8 Å². The molecular formula is C21H21F3N2O3S. The molecule has 0 aliphatic heterocycles. The molecule has 0 radical (unpaired) electrons. The molecule has 0 saturated carbocycles. The second-order valence-electron chi connectivity index (χ2n) is 6.30. The van der Waals surface area contributed by atoms with Gasteiger partial charge < -0.3 is 19.5 Å². The number of ether oxygens (including phenoxy) is 3. The first kappa shape index (κ1) is 21.9. The molecule has 0 aliphatic carbocycles. The molecule has 2 aromatic carbocycles. The molecule has 0 aliphatic rings. The third kappa shape index (κ3) is 4.85. The maximum absolute atomic E-state index is 12.8. The van der Waals surface area contributed by atoms with Gasteiger partial charge in [0.2, 0.25) is 5.75 Å². The van der Waals surface area contributed by atoms with E-state index in [0.717, 1.165) is 27.6 Å². The van der Waals surface area contributed by atoms with Gasteiger partial charge in [-0.2, -0.15) is 13.2 Å². The Hall–Kier alpha value is -2.78. The molecule has 5 nitrogen and oxygen atoms in total. The summed E-state index contributed by atoms with van der Waals surface area (Å²) in [6.45, 7) is 0.731. The fraction of sp³-hybridized carbons (Fsp3) is 0.286. The number of alkyl halides is 3. The molecule has 0 atom stereocenters. The van der Waals surface area contributed by atoms with Crippen LogP contribution < -0.4 is 19.5 Å². The molecule has 0 fully saturated rings. The number of methoxy groups -OCH3 is 3. The van der Waals surface area contributed by atoms with E-state index < -0.39 is 11.7 Å². The van der Waals surface area contributed by atoms with Crippen LogP contribution in [0.1, 0.15) is 16.1 Å². The van der Waals surface area contributed by atoms with Gasteiger partial charge in [0.25, 0.3) is 0 Å². The topological polar surface area (TPSA) is 52.6 Å². The molecule has 0 saturated heterocycles. The largest absolute Gasteiger partial charge is 0.493 e. The zero-order chi connectivity index (χ0) is 21.7. The van der Waals surface area contributed by atoms with E-state index in [2.05, 4.69) is 10.3 Å². The summed E-state index contributed by atoms with van der Waals surface area (Å²) >= 11 is 1.46. The van der Waals surface area contributed by atoms with Crippen LogP contribution in [0.4, 0.5) is 13.2 Å². The summed E-state index contributed by atoms with van der Waals surface area (Å²) in [7, 11) is 4.65. The number of nitrogens with one attached hydrogen (secondary N) is 1. The van der Waals surface area contributed by atoms with Crippen LogP contribution in [-0.4, -0.2) is 26.3 Å². The number of rotatable bonds is 8. The molecule has 1 aromatic heterocycles. The van der Waals surface area contributed by atoms with Crippen LogP contribution in [0.15, 0.2) is 42.6 Å². The molecule has 3 rings (SSSR count). The quantitative estimate of drug-likeness (QED) is 0.528. The van der Waals surface area contributed by atoms with E-state index in [9.17, 15) is 13.2 Å². The lowest BCUT2D eigenvalue weighted by atomic mass is 10.1. The summed E-state index contributed by atoms with van der Waals surface area (Å²) in [5.41, 5.74) is 0.721. The van der Waals surface area contributed by atoms with Crippen LogP contribution in [-0.2, 0) is 19.3 Å². The zero-order valence-electron chi connectivity index (χ0n) is 16.7. The summed E-state index contributed by atoms with van der Waals surface area (Å²) in [6, 6.07) is 8.94. The Balaban J connectivity index is 1.71. The maximum Gasteiger partial charge on any atom is 0.416 e. The third-order valence-electron chi connectivity index (χ3n) is 4.38. The Labute approximate surface area is 176 Å². The summed E-state index contributed by atoms with van der Waals surface area (Å²) < 4.78 is 54.7. The monoisotopic (exact) mass is 438 g/mol. The number of aromatic nitrogens is 1. The fourth-order valence-corrected chi connectivity index (χ4v) is 3.89. The van der Waals surface area contributed by atoms with Crippen molar-refractivity contribution in [2.45, 2.75) is 19.3 Å². The van der Waals surface area contributed by atoms with Gasteiger partial charge in [0.15, 0.2) is 11.5 Å². The first-order valence-electron chi connectivity index (χ1n) is 8.98.